The fourth-order valence-electron chi connectivity index (χ4n) is 3.99. The van der Waals surface area contributed by atoms with Crippen molar-refractivity contribution in [1.82, 2.24) is 0 Å². The molecule has 3 aromatic carbocycles. The first-order valence-electron chi connectivity index (χ1n) is 12.2. The van der Waals surface area contributed by atoms with Crippen molar-refractivity contribution in [3.8, 4) is 28.4 Å². The molecule has 5 nitrogen and oxygen atoms in total. The summed E-state index contributed by atoms with van der Waals surface area (Å²) in [6.07, 6.45) is 0.546. The molecule has 0 aliphatic heterocycles. The molecule has 0 N–H and O–H groups in total. The summed E-state index contributed by atoms with van der Waals surface area (Å²) in [5, 5.41) is 0. The molecular weight excluding hydrogens is 459 g/mol. The van der Waals surface area contributed by atoms with Gasteiger partial charge in [-0.15, -0.1) is 0 Å². The van der Waals surface area contributed by atoms with Gasteiger partial charge in [-0.25, -0.2) is 4.39 Å². The van der Waals surface area contributed by atoms with Crippen LogP contribution in [0, 0.1) is 11.2 Å². The summed E-state index contributed by atoms with van der Waals surface area (Å²) in [6.45, 7) is 7.71. The van der Waals surface area contributed by atoms with Crippen LogP contribution >= 0.6 is 0 Å². The van der Waals surface area contributed by atoms with Crippen LogP contribution < -0.4 is 14.2 Å². The maximum Gasteiger partial charge on any atom is 0.131 e. The molecule has 0 bridgehead atoms. The van der Waals surface area contributed by atoms with Gasteiger partial charge in [0, 0.05) is 12.7 Å². The molecule has 3 rings (SSSR count). The number of rotatable bonds is 13. The summed E-state index contributed by atoms with van der Waals surface area (Å²) in [7, 11) is 4.86. The van der Waals surface area contributed by atoms with Crippen molar-refractivity contribution >= 4 is 0 Å². The van der Waals surface area contributed by atoms with E-state index < -0.39 is 0 Å². The van der Waals surface area contributed by atoms with Gasteiger partial charge < -0.3 is 23.7 Å². The Labute approximate surface area is 214 Å². The molecule has 194 valence electrons. The highest BCUT2D eigenvalue weighted by Crippen LogP contribution is 2.45. The Bertz CT molecular complexity index is 1110. The second-order valence-corrected chi connectivity index (χ2v) is 9.32. The molecule has 0 fully saturated rings. The summed E-state index contributed by atoms with van der Waals surface area (Å²) in [5.41, 5.74) is 2.84. The molecule has 3 aromatic rings. The zero-order chi connectivity index (χ0) is 26.1. The van der Waals surface area contributed by atoms with E-state index in [1.807, 2.05) is 42.5 Å². The van der Waals surface area contributed by atoms with E-state index in [0.717, 1.165) is 28.9 Å². The van der Waals surface area contributed by atoms with E-state index in [1.54, 1.807) is 33.5 Å². The average molecular weight is 497 g/mol. The molecule has 1 atom stereocenters. The maximum absolute atomic E-state index is 15.1. The molecule has 0 heterocycles. The van der Waals surface area contributed by atoms with Crippen LogP contribution in [0.5, 0.6) is 17.2 Å². The second kappa shape index (κ2) is 12.7. The van der Waals surface area contributed by atoms with E-state index in [4.69, 9.17) is 23.7 Å². The van der Waals surface area contributed by atoms with Gasteiger partial charge in [-0.3, -0.25) is 0 Å². The zero-order valence-electron chi connectivity index (χ0n) is 22.1. The van der Waals surface area contributed by atoms with Gasteiger partial charge in [-0.05, 0) is 71.0 Å². The lowest BCUT2D eigenvalue weighted by molar-refractivity contribution is -0.0471. The Kier molecular flexibility index (Phi) is 9.73. The van der Waals surface area contributed by atoms with Gasteiger partial charge in [-0.2, -0.15) is 0 Å². The second-order valence-electron chi connectivity index (χ2n) is 9.32. The van der Waals surface area contributed by atoms with Gasteiger partial charge in [-0.1, -0.05) is 39.0 Å². The molecule has 0 radical (unpaired) electrons. The average Bonchev–Trinajstić information content (AvgIpc) is 2.90. The van der Waals surface area contributed by atoms with Crippen molar-refractivity contribution in [3.63, 3.8) is 0 Å². The Morgan fingerprint density at radius 2 is 1.44 bits per heavy atom. The smallest absolute Gasteiger partial charge is 0.131 e. The fourth-order valence-corrected chi connectivity index (χ4v) is 3.99. The van der Waals surface area contributed by atoms with Crippen molar-refractivity contribution in [3.05, 3.63) is 77.6 Å². The number of ether oxygens (including phenoxy) is 5. The first-order valence-corrected chi connectivity index (χ1v) is 12.2. The van der Waals surface area contributed by atoms with E-state index >= 15 is 4.39 Å². The van der Waals surface area contributed by atoms with E-state index in [-0.39, 0.29) is 17.3 Å². The van der Waals surface area contributed by atoms with E-state index in [0.29, 0.717) is 36.9 Å². The van der Waals surface area contributed by atoms with Gasteiger partial charge in [0.25, 0.3) is 0 Å². The molecule has 0 spiro atoms. The third-order valence-corrected chi connectivity index (χ3v) is 6.53. The number of benzene rings is 3. The Hall–Kier alpha value is -3.09. The van der Waals surface area contributed by atoms with E-state index in [9.17, 15) is 0 Å². The Morgan fingerprint density at radius 3 is 2.08 bits per heavy atom. The monoisotopic (exact) mass is 496 g/mol. The maximum atomic E-state index is 15.1. The van der Waals surface area contributed by atoms with Crippen LogP contribution in [0.4, 0.5) is 4.39 Å². The summed E-state index contributed by atoms with van der Waals surface area (Å²) in [6, 6.07) is 18.2. The minimum atomic E-state index is -0.325. The molecular formula is C30H37FO5. The fraction of sp³-hybridized carbons (Fsp3) is 0.400. The number of hydrogen-bond acceptors (Lipinski definition) is 5. The zero-order valence-corrected chi connectivity index (χ0v) is 22.1. The number of hydrogen-bond donors (Lipinski definition) is 0. The largest absolute Gasteiger partial charge is 0.497 e. The van der Waals surface area contributed by atoms with Crippen molar-refractivity contribution in [2.24, 2.45) is 5.41 Å². The van der Waals surface area contributed by atoms with Gasteiger partial charge in [0.1, 0.15) is 29.7 Å². The molecule has 36 heavy (non-hydrogen) atoms. The molecule has 0 amide bonds. The normalized spacial score (nSPS) is 12.3. The molecule has 0 aliphatic rings. The lowest BCUT2D eigenvalue weighted by Gasteiger charge is -2.35. The molecule has 0 saturated heterocycles. The molecule has 0 saturated carbocycles. The SMILES string of the molecule is CCC(C)(C)C(OCCOC)c1cc(OCc2ccc(OC)cc2)ccc1-c1cc(OC)ccc1F. The highest BCUT2D eigenvalue weighted by atomic mass is 19.1. The molecule has 0 aliphatic carbocycles. The third kappa shape index (κ3) is 6.77. The van der Waals surface area contributed by atoms with Crippen LogP contribution in [0.2, 0.25) is 0 Å². The molecule has 0 aromatic heterocycles. The van der Waals surface area contributed by atoms with Crippen LogP contribution in [0.3, 0.4) is 0 Å². The highest BCUT2D eigenvalue weighted by Gasteiger charge is 2.33. The van der Waals surface area contributed by atoms with Gasteiger partial charge in [0.2, 0.25) is 0 Å². The standard InChI is InChI=1S/C30H37FO5/c1-7-30(2,3)29(35-17-16-32-4)27-19-24(36-20-21-8-10-22(33-5)11-9-21)12-14-25(27)26-18-23(34-6)13-15-28(26)31/h8-15,18-19,29H,7,16-17,20H2,1-6H3. The van der Waals surface area contributed by atoms with Crippen LogP contribution in [0.1, 0.15) is 44.4 Å². The van der Waals surface area contributed by atoms with Gasteiger partial charge >= 0.3 is 0 Å². The minimum absolute atomic E-state index is 0.230. The molecule has 6 heteroatoms. The summed E-state index contributed by atoms with van der Waals surface area (Å²) in [5.74, 6) is 1.74. The van der Waals surface area contributed by atoms with Crippen LogP contribution in [-0.4, -0.2) is 34.5 Å². The lowest BCUT2D eigenvalue weighted by Crippen LogP contribution is -2.26. The van der Waals surface area contributed by atoms with E-state index in [2.05, 4.69) is 20.8 Å². The lowest BCUT2D eigenvalue weighted by atomic mass is 9.78. The summed E-state index contributed by atoms with van der Waals surface area (Å²) in [4.78, 5) is 0. The first-order chi connectivity index (χ1) is 17.3. The quantitative estimate of drug-likeness (QED) is 0.234. The minimum Gasteiger partial charge on any atom is -0.497 e. The van der Waals surface area contributed by atoms with Crippen molar-refractivity contribution < 1.29 is 28.1 Å². The van der Waals surface area contributed by atoms with Gasteiger partial charge in [0.05, 0.1) is 33.5 Å². The van der Waals surface area contributed by atoms with Crippen molar-refractivity contribution in [1.29, 1.82) is 0 Å². The number of methoxy groups -OCH3 is 3. The summed E-state index contributed by atoms with van der Waals surface area (Å²) < 4.78 is 43.5. The van der Waals surface area contributed by atoms with E-state index in [1.165, 1.54) is 6.07 Å². The molecule has 1 unspecified atom stereocenters. The van der Waals surface area contributed by atoms with Crippen LogP contribution in [-0.2, 0) is 16.1 Å². The van der Waals surface area contributed by atoms with Gasteiger partial charge in [0.15, 0.2) is 0 Å². The highest BCUT2D eigenvalue weighted by molar-refractivity contribution is 5.71. The predicted molar refractivity (Wildman–Crippen MR) is 140 cm³/mol. The first kappa shape index (κ1) is 27.5. The van der Waals surface area contributed by atoms with Crippen molar-refractivity contribution in [2.45, 2.75) is 39.9 Å². The summed E-state index contributed by atoms with van der Waals surface area (Å²) >= 11 is 0. The predicted octanol–water partition coefficient (Wildman–Crippen LogP) is 7.23. The number of halogens is 1. The van der Waals surface area contributed by atoms with Crippen LogP contribution in [0.15, 0.2) is 60.7 Å². The van der Waals surface area contributed by atoms with Crippen molar-refractivity contribution in [2.75, 3.05) is 34.5 Å². The third-order valence-electron chi connectivity index (χ3n) is 6.53. The Balaban J connectivity index is 2.05. The Morgan fingerprint density at radius 1 is 0.778 bits per heavy atom. The van der Waals surface area contributed by atoms with Crippen LogP contribution in [0.25, 0.3) is 11.1 Å². The topological polar surface area (TPSA) is 46.2 Å².